The second kappa shape index (κ2) is 8.75. The highest BCUT2D eigenvalue weighted by Gasteiger charge is 2.22. The Morgan fingerprint density at radius 1 is 1.03 bits per heavy atom. The summed E-state index contributed by atoms with van der Waals surface area (Å²) >= 11 is 0. The fourth-order valence-electron chi connectivity index (χ4n) is 4.06. The van der Waals surface area contributed by atoms with Gasteiger partial charge in [-0.1, -0.05) is 11.6 Å². The van der Waals surface area contributed by atoms with Gasteiger partial charge in [-0.2, -0.15) is 9.78 Å². The van der Waals surface area contributed by atoms with E-state index in [0.717, 1.165) is 5.56 Å². The molecule has 3 heterocycles. The summed E-state index contributed by atoms with van der Waals surface area (Å²) in [5.74, 6) is -0.475. The highest BCUT2D eigenvalue weighted by Crippen LogP contribution is 2.29. The lowest BCUT2D eigenvalue weighted by Gasteiger charge is -2.26. The van der Waals surface area contributed by atoms with Gasteiger partial charge in [0.25, 0.3) is 5.91 Å². The number of aromatic nitrogens is 4. The number of benzene rings is 2. The van der Waals surface area contributed by atoms with E-state index in [2.05, 4.69) is 15.1 Å². The number of carbonyl (C=O) groups excluding carboxylic acids is 2. The summed E-state index contributed by atoms with van der Waals surface area (Å²) in [6.07, 6.45) is 3.06. The Hall–Kier alpha value is -3.98. The molecule has 0 spiro atoms. The van der Waals surface area contributed by atoms with E-state index in [1.807, 2.05) is 6.92 Å². The van der Waals surface area contributed by atoms with Gasteiger partial charge in [-0.15, -0.1) is 0 Å². The molecular formula is C25H22FN5O3. The third kappa shape index (κ3) is 3.94. The van der Waals surface area contributed by atoms with E-state index in [4.69, 9.17) is 4.74 Å². The molecule has 4 aromatic rings. The van der Waals surface area contributed by atoms with Crippen LogP contribution in [-0.2, 0) is 4.74 Å². The van der Waals surface area contributed by atoms with Gasteiger partial charge in [0.2, 0.25) is 5.91 Å². The summed E-state index contributed by atoms with van der Waals surface area (Å²) in [7, 11) is 0. The van der Waals surface area contributed by atoms with Crippen molar-refractivity contribution in [3.63, 3.8) is 0 Å². The molecule has 1 aliphatic rings. The van der Waals surface area contributed by atoms with Crippen LogP contribution in [0.2, 0.25) is 0 Å². The van der Waals surface area contributed by atoms with E-state index in [9.17, 15) is 14.0 Å². The van der Waals surface area contributed by atoms with Gasteiger partial charge in [0.05, 0.1) is 18.7 Å². The molecule has 8 nitrogen and oxygen atoms in total. The third-order valence-corrected chi connectivity index (χ3v) is 5.82. The van der Waals surface area contributed by atoms with Crippen LogP contribution in [0.25, 0.3) is 33.5 Å². The molecule has 1 amide bonds. The van der Waals surface area contributed by atoms with Crippen molar-refractivity contribution >= 4 is 22.7 Å². The fourth-order valence-corrected chi connectivity index (χ4v) is 4.06. The van der Waals surface area contributed by atoms with Gasteiger partial charge in [-0.05, 0) is 37.3 Å². The first-order valence-corrected chi connectivity index (χ1v) is 10.9. The second-order valence-electron chi connectivity index (χ2n) is 8.19. The molecule has 34 heavy (non-hydrogen) atoms. The standard InChI is InChI=1S/C25H22FN5O3/c1-15-3-5-21(26)19(11-15)18-13-27-24(28-14-18)23-20-12-17(25(33)30-7-9-34-10-8-30)4-6-22(20)31(29-23)16(2)32/h3-6,11-14H,7-10H2,1-2H3. The zero-order valence-electron chi connectivity index (χ0n) is 18.8. The Bertz CT molecular complexity index is 1410. The van der Waals surface area contributed by atoms with Crippen LogP contribution < -0.4 is 0 Å². The van der Waals surface area contributed by atoms with Crippen molar-refractivity contribution in [1.29, 1.82) is 0 Å². The lowest BCUT2D eigenvalue weighted by atomic mass is 10.1. The number of rotatable bonds is 3. The van der Waals surface area contributed by atoms with Crippen molar-refractivity contribution in [2.75, 3.05) is 26.3 Å². The molecule has 0 unspecified atom stereocenters. The molecule has 5 rings (SSSR count). The predicted octanol–water partition coefficient (Wildman–Crippen LogP) is 3.74. The first-order chi connectivity index (χ1) is 16.4. The van der Waals surface area contributed by atoms with E-state index in [-0.39, 0.29) is 23.5 Å². The summed E-state index contributed by atoms with van der Waals surface area (Å²) in [5.41, 5.74) is 3.27. The number of carbonyl (C=O) groups is 2. The Labute approximate surface area is 195 Å². The summed E-state index contributed by atoms with van der Waals surface area (Å²) in [5, 5.41) is 5.02. The minimum absolute atomic E-state index is 0.113. The Balaban J connectivity index is 1.57. The number of ether oxygens (including phenoxy) is 1. The Morgan fingerprint density at radius 3 is 2.47 bits per heavy atom. The number of aryl methyl sites for hydroxylation is 1. The van der Waals surface area contributed by atoms with Gasteiger partial charge in [-0.3, -0.25) is 9.59 Å². The maximum Gasteiger partial charge on any atom is 0.254 e. The van der Waals surface area contributed by atoms with Crippen molar-refractivity contribution < 1.29 is 18.7 Å². The van der Waals surface area contributed by atoms with Gasteiger partial charge < -0.3 is 9.64 Å². The summed E-state index contributed by atoms with van der Waals surface area (Å²) in [4.78, 5) is 35.8. The van der Waals surface area contributed by atoms with E-state index in [0.29, 0.717) is 59.6 Å². The van der Waals surface area contributed by atoms with E-state index >= 15 is 0 Å². The molecule has 9 heteroatoms. The van der Waals surface area contributed by atoms with E-state index < -0.39 is 0 Å². The number of amides is 1. The normalized spacial score (nSPS) is 13.9. The number of morpholine rings is 1. The summed E-state index contributed by atoms with van der Waals surface area (Å²) < 4.78 is 20.9. The van der Waals surface area contributed by atoms with E-state index in [1.54, 1.807) is 35.2 Å². The fraction of sp³-hybridized carbons (Fsp3) is 0.240. The first-order valence-electron chi connectivity index (χ1n) is 10.9. The topological polar surface area (TPSA) is 90.2 Å². The number of hydrogen-bond acceptors (Lipinski definition) is 6. The molecule has 172 valence electrons. The van der Waals surface area contributed by atoms with Crippen LogP contribution in [0.3, 0.4) is 0 Å². The molecule has 2 aromatic heterocycles. The van der Waals surface area contributed by atoms with Gasteiger partial charge in [0, 0.05) is 54.5 Å². The quantitative estimate of drug-likeness (QED) is 0.464. The summed E-state index contributed by atoms with van der Waals surface area (Å²) in [6, 6.07) is 9.95. The van der Waals surface area contributed by atoms with Crippen LogP contribution >= 0.6 is 0 Å². The average Bonchev–Trinajstić information content (AvgIpc) is 3.25. The van der Waals surface area contributed by atoms with Crippen LogP contribution in [0, 0.1) is 12.7 Å². The van der Waals surface area contributed by atoms with Crippen molar-refractivity contribution in [2.24, 2.45) is 0 Å². The monoisotopic (exact) mass is 459 g/mol. The molecule has 1 fully saturated rings. The van der Waals surface area contributed by atoms with Crippen molar-refractivity contribution in [2.45, 2.75) is 13.8 Å². The molecule has 0 saturated carbocycles. The van der Waals surface area contributed by atoms with Crippen molar-refractivity contribution in [3.05, 3.63) is 65.7 Å². The molecule has 0 N–H and O–H groups in total. The zero-order chi connectivity index (χ0) is 23.8. The first kappa shape index (κ1) is 21.8. The maximum absolute atomic E-state index is 14.3. The molecule has 0 aliphatic carbocycles. The van der Waals surface area contributed by atoms with Crippen molar-refractivity contribution in [3.8, 4) is 22.6 Å². The SMILES string of the molecule is CC(=O)n1nc(-c2ncc(-c3cc(C)ccc3F)cn2)c2cc(C(=O)N3CCOCC3)ccc21. The maximum atomic E-state index is 14.3. The minimum atomic E-state index is -0.362. The third-order valence-electron chi connectivity index (χ3n) is 5.82. The number of halogens is 1. The van der Waals surface area contributed by atoms with Crippen LogP contribution in [0.4, 0.5) is 4.39 Å². The largest absolute Gasteiger partial charge is 0.378 e. The Morgan fingerprint density at radius 2 is 1.76 bits per heavy atom. The highest BCUT2D eigenvalue weighted by molar-refractivity contribution is 6.03. The molecule has 0 atom stereocenters. The Kier molecular flexibility index (Phi) is 5.62. The molecule has 0 bridgehead atoms. The second-order valence-corrected chi connectivity index (χ2v) is 8.19. The molecular weight excluding hydrogens is 437 g/mol. The number of nitrogens with zero attached hydrogens (tertiary/aromatic N) is 5. The van der Waals surface area contributed by atoms with Crippen LogP contribution in [0.5, 0.6) is 0 Å². The van der Waals surface area contributed by atoms with Crippen molar-refractivity contribution in [1.82, 2.24) is 24.6 Å². The average molecular weight is 459 g/mol. The van der Waals surface area contributed by atoms with E-state index in [1.165, 1.54) is 30.1 Å². The van der Waals surface area contributed by atoms with Gasteiger partial charge >= 0.3 is 0 Å². The molecule has 0 radical (unpaired) electrons. The van der Waals surface area contributed by atoms with Gasteiger partial charge in [0.1, 0.15) is 11.5 Å². The molecule has 1 aliphatic heterocycles. The lowest BCUT2D eigenvalue weighted by molar-refractivity contribution is 0.0303. The minimum Gasteiger partial charge on any atom is -0.378 e. The summed E-state index contributed by atoms with van der Waals surface area (Å²) in [6.45, 7) is 5.35. The molecule has 1 saturated heterocycles. The van der Waals surface area contributed by atoms with Gasteiger partial charge in [-0.25, -0.2) is 14.4 Å². The van der Waals surface area contributed by atoms with Crippen LogP contribution in [-0.4, -0.2) is 62.8 Å². The number of hydrogen-bond donors (Lipinski definition) is 0. The van der Waals surface area contributed by atoms with Crippen LogP contribution in [0.1, 0.15) is 27.6 Å². The number of fused-ring (bicyclic) bond motifs is 1. The predicted molar refractivity (Wildman–Crippen MR) is 124 cm³/mol. The molecule has 2 aromatic carbocycles. The van der Waals surface area contributed by atoms with Gasteiger partial charge in [0.15, 0.2) is 5.82 Å². The smallest absolute Gasteiger partial charge is 0.254 e. The lowest BCUT2D eigenvalue weighted by Crippen LogP contribution is -2.40. The highest BCUT2D eigenvalue weighted by atomic mass is 19.1. The van der Waals surface area contributed by atoms with Crippen LogP contribution in [0.15, 0.2) is 48.8 Å². The zero-order valence-corrected chi connectivity index (χ0v) is 18.8.